The molecule has 84 valence electrons. The summed E-state index contributed by atoms with van der Waals surface area (Å²) in [6.45, 7) is 7.29. The average Bonchev–Trinajstić information content (AvgIpc) is 1.97. The Labute approximate surface area is 85.5 Å². The van der Waals surface area contributed by atoms with Crippen LogP contribution >= 0.6 is 0 Å². The van der Waals surface area contributed by atoms with E-state index < -0.39 is 5.97 Å². The molecule has 0 saturated heterocycles. The number of aliphatic carboxylic acids is 1. The van der Waals surface area contributed by atoms with Gasteiger partial charge in [0.25, 0.3) is 0 Å². The molecule has 1 unspecified atom stereocenters. The van der Waals surface area contributed by atoms with Crippen LogP contribution in [0.3, 0.4) is 0 Å². The zero-order chi connectivity index (χ0) is 11.1. The van der Waals surface area contributed by atoms with Crippen LogP contribution in [0.25, 0.3) is 0 Å². The van der Waals surface area contributed by atoms with Crippen molar-refractivity contribution in [2.75, 3.05) is 19.6 Å². The van der Waals surface area contributed by atoms with Crippen molar-refractivity contribution in [2.45, 2.75) is 33.3 Å². The van der Waals surface area contributed by atoms with E-state index >= 15 is 0 Å². The third kappa shape index (κ3) is 8.01. The second-order valence-corrected chi connectivity index (χ2v) is 4.16. The smallest absolute Gasteiger partial charge is 0.317 e. The molecule has 14 heavy (non-hydrogen) atoms. The van der Waals surface area contributed by atoms with Crippen molar-refractivity contribution >= 4 is 5.97 Å². The molecule has 4 nitrogen and oxygen atoms in total. The first-order valence-electron chi connectivity index (χ1n) is 5.04. The monoisotopic (exact) mass is 203 g/mol. The van der Waals surface area contributed by atoms with Gasteiger partial charge in [0.15, 0.2) is 0 Å². The van der Waals surface area contributed by atoms with Gasteiger partial charge in [-0.3, -0.25) is 9.69 Å². The van der Waals surface area contributed by atoms with Crippen LogP contribution in [0.4, 0.5) is 0 Å². The molecule has 2 N–H and O–H groups in total. The molecule has 0 aromatic rings. The van der Waals surface area contributed by atoms with Gasteiger partial charge >= 0.3 is 5.97 Å². The van der Waals surface area contributed by atoms with Crippen molar-refractivity contribution in [1.82, 2.24) is 4.90 Å². The predicted molar refractivity (Wildman–Crippen MR) is 55.2 cm³/mol. The number of carbonyl (C=O) groups is 1. The van der Waals surface area contributed by atoms with E-state index in [-0.39, 0.29) is 12.6 Å². The normalized spacial score (nSPS) is 13.6. The number of rotatable bonds is 7. The molecule has 0 fully saturated rings. The first kappa shape index (κ1) is 13.4. The Hall–Kier alpha value is -0.610. The molecule has 0 radical (unpaired) electrons. The first-order valence-corrected chi connectivity index (χ1v) is 5.04. The lowest BCUT2D eigenvalue weighted by Gasteiger charge is -2.22. The summed E-state index contributed by atoms with van der Waals surface area (Å²) in [5, 5.41) is 17.8. The van der Waals surface area contributed by atoms with Gasteiger partial charge in [-0.25, -0.2) is 0 Å². The zero-order valence-electron chi connectivity index (χ0n) is 9.23. The average molecular weight is 203 g/mol. The summed E-state index contributed by atoms with van der Waals surface area (Å²) in [6, 6.07) is 0. The Bertz CT molecular complexity index is 169. The molecule has 0 bridgehead atoms. The van der Waals surface area contributed by atoms with E-state index in [1.165, 1.54) is 0 Å². The summed E-state index contributed by atoms with van der Waals surface area (Å²) in [4.78, 5) is 12.4. The van der Waals surface area contributed by atoms with Crippen molar-refractivity contribution < 1.29 is 15.0 Å². The van der Waals surface area contributed by atoms with Crippen molar-refractivity contribution in [3.8, 4) is 0 Å². The Morgan fingerprint density at radius 1 is 1.36 bits per heavy atom. The molecule has 0 rings (SSSR count). The molecule has 1 atom stereocenters. The fourth-order valence-corrected chi connectivity index (χ4v) is 1.31. The summed E-state index contributed by atoms with van der Waals surface area (Å²) < 4.78 is 0. The number of aliphatic hydroxyl groups excluding tert-OH is 1. The topological polar surface area (TPSA) is 60.8 Å². The molecular weight excluding hydrogens is 182 g/mol. The number of aliphatic hydroxyl groups is 1. The number of carboxylic acids is 1. The van der Waals surface area contributed by atoms with Crippen molar-refractivity contribution in [3.63, 3.8) is 0 Å². The fourth-order valence-electron chi connectivity index (χ4n) is 1.31. The van der Waals surface area contributed by atoms with E-state index in [9.17, 15) is 4.79 Å². The molecule has 4 heteroatoms. The Balaban J connectivity index is 3.90. The zero-order valence-corrected chi connectivity index (χ0v) is 9.23. The largest absolute Gasteiger partial charge is 0.480 e. The van der Waals surface area contributed by atoms with Crippen molar-refractivity contribution in [2.24, 2.45) is 5.92 Å². The minimum Gasteiger partial charge on any atom is -0.480 e. The molecule has 0 aliphatic heterocycles. The van der Waals surface area contributed by atoms with Gasteiger partial charge in [-0.05, 0) is 19.3 Å². The van der Waals surface area contributed by atoms with E-state index in [0.29, 0.717) is 18.9 Å². The third-order valence-corrected chi connectivity index (χ3v) is 1.85. The highest BCUT2D eigenvalue weighted by Crippen LogP contribution is 2.01. The van der Waals surface area contributed by atoms with E-state index in [4.69, 9.17) is 10.2 Å². The van der Waals surface area contributed by atoms with Crippen LogP contribution in [0.2, 0.25) is 0 Å². The standard InChI is InChI=1S/C10H21NO3/c1-8(2)6-11(7-10(13)14)5-4-9(3)12/h8-9,12H,4-7H2,1-3H3,(H,13,14). The third-order valence-electron chi connectivity index (χ3n) is 1.85. The van der Waals surface area contributed by atoms with Crippen LogP contribution in [-0.2, 0) is 4.79 Å². The van der Waals surface area contributed by atoms with Crippen LogP contribution in [0.5, 0.6) is 0 Å². The SMILES string of the molecule is CC(C)CN(CCC(C)O)CC(=O)O. The van der Waals surface area contributed by atoms with E-state index in [1.54, 1.807) is 6.92 Å². The molecule has 0 aromatic carbocycles. The molecule has 0 spiro atoms. The molecular formula is C10H21NO3. The van der Waals surface area contributed by atoms with Crippen LogP contribution in [0.1, 0.15) is 27.2 Å². The van der Waals surface area contributed by atoms with Gasteiger partial charge in [-0.1, -0.05) is 13.8 Å². The lowest BCUT2D eigenvalue weighted by atomic mass is 10.2. The van der Waals surface area contributed by atoms with Gasteiger partial charge in [0.1, 0.15) is 0 Å². The Kier molecular flexibility index (Phi) is 6.49. The van der Waals surface area contributed by atoms with Crippen LogP contribution in [0, 0.1) is 5.92 Å². The summed E-state index contributed by atoms with van der Waals surface area (Å²) in [7, 11) is 0. The fraction of sp³-hybridized carbons (Fsp3) is 0.900. The van der Waals surface area contributed by atoms with Gasteiger partial charge in [0.05, 0.1) is 12.6 Å². The van der Waals surface area contributed by atoms with Crippen LogP contribution in [-0.4, -0.2) is 46.8 Å². The maximum absolute atomic E-state index is 10.5. The minimum atomic E-state index is -0.809. The van der Waals surface area contributed by atoms with E-state index in [2.05, 4.69) is 13.8 Å². The molecule has 0 saturated carbocycles. The number of nitrogens with zero attached hydrogens (tertiary/aromatic N) is 1. The second kappa shape index (κ2) is 6.79. The highest BCUT2D eigenvalue weighted by Gasteiger charge is 2.11. The summed E-state index contributed by atoms with van der Waals surface area (Å²) >= 11 is 0. The Morgan fingerprint density at radius 3 is 2.29 bits per heavy atom. The summed E-state index contributed by atoms with van der Waals surface area (Å²) in [5.41, 5.74) is 0. The van der Waals surface area contributed by atoms with Crippen molar-refractivity contribution in [3.05, 3.63) is 0 Å². The maximum atomic E-state index is 10.5. The lowest BCUT2D eigenvalue weighted by Crippen LogP contribution is -2.34. The predicted octanol–water partition coefficient (Wildman–Crippen LogP) is 0.800. The first-order chi connectivity index (χ1) is 6.41. The molecule has 0 heterocycles. The van der Waals surface area contributed by atoms with E-state index in [1.807, 2.05) is 4.90 Å². The highest BCUT2D eigenvalue weighted by molar-refractivity contribution is 5.69. The minimum absolute atomic E-state index is 0.0604. The van der Waals surface area contributed by atoms with Crippen molar-refractivity contribution in [1.29, 1.82) is 0 Å². The summed E-state index contributed by atoms with van der Waals surface area (Å²) in [6.07, 6.45) is 0.262. The van der Waals surface area contributed by atoms with Gasteiger partial charge in [0.2, 0.25) is 0 Å². The highest BCUT2D eigenvalue weighted by atomic mass is 16.4. The molecule has 0 aromatic heterocycles. The lowest BCUT2D eigenvalue weighted by molar-refractivity contribution is -0.138. The maximum Gasteiger partial charge on any atom is 0.317 e. The number of hydrogen-bond acceptors (Lipinski definition) is 3. The van der Waals surface area contributed by atoms with E-state index in [0.717, 1.165) is 6.54 Å². The van der Waals surface area contributed by atoms with Gasteiger partial charge in [-0.2, -0.15) is 0 Å². The van der Waals surface area contributed by atoms with Gasteiger partial charge in [-0.15, -0.1) is 0 Å². The van der Waals surface area contributed by atoms with Gasteiger partial charge in [0, 0.05) is 13.1 Å². The number of carboxylic acid groups (broad SMARTS) is 1. The Morgan fingerprint density at radius 2 is 1.93 bits per heavy atom. The van der Waals surface area contributed by atoms with Gasteiger partial charge < -0.3 is 10.2 Å². The second-order valence-electron chi connectivity index (χ2n) is 4.16. The summed E-state index contributed by atoms with van der Waals surface area (Å²) in [5.74, 6) is -0.361. The molecule has 0 aliphatic carbocycles. The number of hydrogen-bond donors (Lipinski definition) is 2. The van der Waals surface area contributed by atoms with Crippen LogP contribution < -0.4 is 0 Å². The quantitative estimate of drug-likeness (QED) is 0.642. The molecule has 0 amide bonds. The van der Waals surface area contributed by atoms with Crippen LogP contribution in [0.15, 0.2) is 0 Å². The molecule has 0 aliphatic rings.